The second kappa shape index (κ2) is 10.5. The first kappa shape index (κ1) is 23.5. The van der Waals surface area contributed by atoms with Crippen molar-refractivity contribution in [1.82, 2.24) is 4.98 Å². The number of oxazole rings is 1. The van der Waals surface area contributed by atoms with Crippen molar-refractivity contribution >= 4 is 38.9 Å². The minimum absolute atomic E-state index is 0.0125. The van der Waals surface area contributed by atoms with Crippen molar-refractivity contribution in [2.75, 3.05) is 10.0 Å². The minimum atomic E-state index is -3.87. The van der Waals surface area contributed by atoms with E-state index in [1.54, 1.807) is 42.6 Å². The summed E-state index contributed by atoms with van der Waals surface area (Å²) in [6, 6.07) is 22.3. The van der Waals surface area contributed by atoms with E-state index in [1.165, 1.54) is 12.1 Å². The van der Waals surface area contributed by atoms with Crippen molar-refractivity contribution in [2.24, 2.45) is 0 Å². The first-order chi connectivity index (χ1) is 16.4. The average Bonchev–Trinajstić information content (AvgIpc) is 3.30. The fourth-order valence-corrected chi connectivity index (χ4v) is 4.64. The Hall–Kier alpha value is -3.62. The summed E-state index contributed by atoms with van der Waals surface area (Å²) in [6.07, 6.45) is 2.95. The van der Waals surface area contributed by atoms with E-state index in [-0.39, 0.29) is 27.9 Å². The number of hydrogen-bond acceptors (Lipinski definition) is 5. The third-order valence-corrected chi connectivity index (χ3v) is 6.65. The van der Waals surface area contributed by atoms with Gasteiger partial charge in [0.05, 0.1) is 21.8 Å². The van der Waals surface area contributed by atoms with Gasteiger partial charge in [0.1, 0.15) is 0 Å². The molecule has 4 rings (SSSR count). The zero-order valence-corrected chi connectivity index (χ0v) is 19.6. The normalized spacial score (nSPS) is 11.2. The summed E-state index contributed by atoms with van der Waals surface area (Å²) < 4.78 is 33.7. The lowest BCUT2D eigenvalue weighted by Gasteiger charge is -2.11. The number of sulfonamides is 1. The van der Waals surface area contributed by atoms with Gasteiger partial charge in [-0.1, -0.05) is 60.1 Å². The maximum Gasteiger partial charge on any atom is 0.262 e. The molecule has 1 heterocycles. The molecule has 0 fully saturated rings. The maximum absolute atomic E-state index is 12.7. The molecule has 7 nitrogen and oxygen atoms in total. The van der Waals surface area contributed by atoms with Crippen LogP contribution in [0.2, 0.25) is 5.02 Å². The molecule has 0 aliphatic rings. The van der Waals surface area contributed by atoms with Gasteiger partial charge >= 0.3 is 0 Å². The van der Waals surface area contributed by atoms with Crippen molar-refractivity contribution in [2.45, 2.75) is 24.2 Å². The molecule has 0 aliphatic carbocycles. The van der Waals surface area contributed by atoms with Crippen LogP contribution in [0.3, 0.4) is 0 Å². The lowest BCUT2D eigenvalue weighted by atomic mass is 10.2. The summed E-state index contributed by atoms with van der Waals surface area (Å²) in [6.45, 7) is 0. The van der Waals surface area contributed by atoms with Gasteiger partial charge in [-0.2, -0.15) is 0 Å². The van der Waals surface area contributed by atoms with Crippen LogP contribution in [0.15, 0.2) is 94.4 Å². The monoisotopic (exact) mass is 495 g/mol. The molecule has 0 bridgehead atoms. The summed E-state index contributed by atoms with van der Waals surface area (Å²) in [4.78, 5) is 16.7. The molecule has 2 N–H and O–H groups in total. The second-order valence-electron chi connectivity index (χ2n) is 7.50. The van der Waals surface area contributed by atoms with Crippen LogP contribution in [0.1, 0.15) is 18.7 Å². The van der Waals surface area contributed by atoms with Crippen LogP contribution in [0, 0.1) is 0 Å². The predicted molar refractivity (Wildman–Crippen MR) is 132 cm³/mol. The summed E-state index contributed by atoms with van der Waals surface area (Å²) in [5.74, 6) is 1.01. The molecule has 9 heteroatoms. The SMILES string of the molecule is O=C(CCCc1ncc(-c2ccccc2)o1)Nc1cccc(S(=O)(=O)Nc2ccccc2Cl)c1. The molecule has 3 aromatic carbocycles. The minimum Gasteiger partial charge on any atom is -0.441 e. The number of rotatable bonds is 9. The fraction of sp³-hybridized carbons (Fsp3) is 0.120. The summed E-state index contributed by atoms with van der Waals surface area (Å²) in [7, 11) is -3.87. The van der Waals surface area contributed by atoms with E-state index in [9.17, 15) is 13.2 Å². The number of para-hydroxylation sites is 1. The lowest BCUT2D eigenvalue weighted by molar-refractivity contribution is -0.116. The molecule has 0 saturated carbocycles. The molecule has 0 radical (unpaired) electrons. The number of carbonyl (C=O) groups excluding carboxylic acids is 1. The van der Waals surface area contributed by atoms with Gasteiger partial charge in [0, 0.05) is 24.1 Å². The molecule has 4 aromatic rings. The molecule has 0 unspecified atom stereocenters. The third kappa shape index (κ3) is 6.03. The Bertz CT molecular complexity index is 1390. The van der Waals surface area contributed by atoms with E-state index in [0.717, 1.165) is 5.56 Å². The molecule has 34 heavy (non-hydrogen) atoms. The number of hydrogen-bond donors (Lipinski definition) is 2. The Balaban J connectivity index is 1.32. The van der Waals surface area contributed by atoms with E-state index >= 15 is 0 Å². The molecule has 0 spiro atoms. The van der Waals surface area contributed by atoms with Crippen molar-refractivity contribution in [3.8, 4) is 11.3 Å². The van der Waals surface area contributed by atoms with Gasteiger partial charge in [0.15, 0.2) is 11.7 Å². The van der Waals surface area contributed by atoms with E-state index in [0.29, 0.717) is 30.2 Å². The van der Waals surface area contributed by atoms with Gasteiger partial charge in [-0.3, -0.25) is 9.52 Å². The zero-order valence-electron chi connectivity index (χ0n) is 18.1. The lowest BCUT2D eigenvalue weighted by Crippen LogP contribution is -2.15. The maximum atomic E-state index is 12.7. The average molecular weight is 496 g/mol. The molecule has 0 atom stereocenters. The van der Waals surface area contributed by atoms with Gasteiger partial charge in [-0.25, -0.2) is 13.4 Å². The topological polar surface area (TPSA) is 101 Å². The van der Waals surface area contributed by atoms with Crippen LogP contribution < -0.4 is 10.0 Å². The number of aromatic nitrogens is 1. The largest absolute Gasteiger partial charge is 0.441 e. The first-order valence-corrected chi connectivity index (χ1v) is 12.4. The van der Waals surface area contributed by atoms with Crippen LogP contribution in [0.5, 0.6) is 0 Å². The summed E-state index contributed by atoms with van der Waals surface area (Å²) >= 11 is 6.05. The second-order valence-corrected chi connectivity index (χ2v) is 9.59. The molecule has 0 saturated heterocycles. The summed E-state index contributed by atoms with van der Waals surface area (Å²) in [5, 5.41) is 3.03. The van der Waals surface area contributed by atoms with Gasteiger partial charge in [-0.15, -0.1) is 0 Å². The zero-order chi connectivity index (χ0) is 24.0. The highest BCUT2D eigenvalue weighted by atomic mass is 35.5. The van der Waals surface area contributed by atoms with Crippen molar-refractivity contribution in [3.05, 3.63) is 96.0 Å². The fourth-order valence-electron chi connectivity index (χ4n) is 3.27. The van der Waals surface area contributed by atoms with Crippen LogP contribution in [-0.4, -0.2) is 19.3 Å². The molecule has 174 valence electrons. The van der Waals surface area contributed by atoms with Crippen molar-refractivity contribution in [3.63, 3.8) is 0 Å². The van der Waals surface area contributed by atoms with Crippen LogP contribution in [0.25, 0.3) is 11.3 Å². The third-order valence-electron chi connectivity index (χ3n) is 4.95. The van der Waals surface area contributed by atoms with Crippen LogP contribution in [-0.2, 0) is 21.2 Å². The predicted octanol–water partition coefficient (Wildman–Crippen LogP) is 5.76. The van der Waals surface area contributed by atoms with Gasteiger partial charge in [0.25, 0.3) is 10.0 Å². The van der Waals surface area contributed by atoms with E-state index in [2.05, 4.69) is 15.0 Å². The summed E-state index contributed by atoms with van der Waals surface area (Å²) in [5.41, 5.74) is 1.60. The molecular formula is C25H22ClN3O4S. The van der Waals surface area contributed by atoms with E-state index in [1.807, 2.05) is 30.3 Å². The Morgan fingerprint density at radius 1 is 0.971 bits per heavy atom. The number of aryl methyl sites for hydroxylation is 1. The van der Waals surface area contributed by atoms with Crippen LogP contribution in [0.4, 0.5) is 11.4 Å². The van der Waals surface area contributed by atoms with Gasteiger partial charge < -0.3 is 9.73 Å². The van der Waals surface area contributed by atoms with Gasteiger partial charge in [-0.05, 0) is 36.8 Å². The smallest absolute Gasteiger partial charge is 0.262 e. The number of benzene rings is 3. The molecular weight excluding hydrogens is 474 g/mol. The number of nitrogens with zero attached hydrogens (tertiary/aromatic N) is 1. The quantitative estimate of drug-likeness (QED) is 0.307. The Kier molecular flexibility index (Phi) is 7.30. The highest BCUT2D eigenvalue weighted by Gasteiger charge is 2.16. The molecule has 1 aromatic heterocycles. The molecule has 1 amide bonds. The standard InChI is InChI=1S/C25H22ClN3O4S/c26-21-12-4-5-13-22(21)29-34(31,32)20-11-6-10-19(16-20)28-24(30)14-7-15-25-27-17-23(33-25)18-8-2-1-3-9-18/h1-6,8-13,16-17,29H,7,14-15H2,(H,28,30). The van der Waals surface area contributed by atoms with Crippen molar-refractivity contribution in [1.29, 1.82) is 0 Å². The number of halogens is 1. The van der Waals surface area contributed by atoms with Gasteiger partial charge in [0.2, 0.25) is 5.91 Å². The highest BCUT2D eigenvalue weighted by Crippen LogP contribution is 2.25. The van der Waals surface area contributed by atoms with Crippen molar-refractivity contribution < 1.29 is 17.6 Å². The Labute approximate surface area is 202 Å². The Morgan fingerprint density at radius 2 is 1.74 bits per heavy atom. The Morgan fingerprint density at radius 3 is 2.53 bits per heavy atom. The van der Waals surface area contributed by atoms with E-state index in [4.69, 9.17) is 16.0 Å². The van der Waals surface area contributed by atoms with E-state index < -0.39 is 10.0 Å². The molecule has 0 aliphatic heterocycles. The number of nitrogens with one attached hydrogen (secondary N) is 2. The number of amides is 1. The first-order valence-electron chi connectivity index (χ1n) is 10.6. The van der Waals surface area contributed by atoms with Crippen LogP contribution >= 0.6 is 11.6 Å². The number of anilines is 2. The highest BCUT2D eigenvalue weighted by molar-refractivity contribution is 7.92. The number of carbonyl (C=O) groups is 1.